The fourth-order valence-electron chi connectivity index (χ4n) is 4.15. The molecule has 0 spiro atoms. The average Bonchev–Trinajstić information content (AvgIpc) is 3.04. The molecule has 5 nitrogen and oxygen atoms in total. The number of ether oxygens (including phenoxy) is 1. The van der Waals surface area contributed by atoms with Crippen LogP contribution >= 0.6 is 0 Å². The molecule has 1 aromatic heterocycles. The van der Waals surface area contributed by atoms with Gasteiger partial charge in [-0.3, -0.25) is 14.4 Å². The summed E-state index contributed by atoms with van der Waals surface area (Å²) in [5.41, 5.74) is 2.05. The summed E-state index contributed by atoms with van der Waals surface area (Å²) < 4.78 is 21.7. The van der Waals surface area contributed by atoms with Gasteiger partial charge in [0.25, 0.3) is 0 Å². The van der Waals surface area contributed by atoms with Crippen LogP contribution in [0.2, 0.25) is 0 Å². The maximum atomic E-state index is 14.3. The second-order valence-corrected chi connectivity index (χ2v) is 7.68. The van der Waals surface area contributed by atoms with E-state index in [-0.39, 0.29) is 11.8 Å². The monoisotopic (exact) mass is 387 g/mol. The molecule has 0 saturated carbocycles. The summed E-state index contributed by atoms with van der Waals surface area (Å²) in [5.74, 6) is -0.479. The maximum absolute atomic E-state index is 14.3. The molecular formula is C22H30FN3O2. The molecule has 6 heteroatoms. The maximum Gasteiger partial charge on any atom is 0.313 e. The Morgan fingerprint density at radius 3 is 2.75 bits per heavy atom. The van der Waals surface area contributed by atoms with Crippen molar-refractivity contribution in [3.8, 4) is 0 Å². The fourth-order valence-corrected chi connectivity index (χ4v) is 4.15. The highest BCUT2D eigenvalue weighted by Gasteiger charge is 2.44. The number of aryl methyl sites for hydroxylation is 2. The smallest absolute Gasteiger partial charge is 0.313 e. The van der Waals surface area contributed by atoms with Gasteiger partial charge in [-0.25, -0.2) is 4.39 Å². The number of benzene rings is 1. The molecule has 0 aliphatic carbocycles. The van der Waals surface area contributed by atoms with E-state index in [2.05, 4.69) is 23.1 Å². The molecule has 1 aromatic carbocycles. The molecule has 28 heavy (non-hydrogen) atoms. The number of carbonyl (C=O) groups excluding carboxylic acids is 1. The van der Waals surface area contributed by atoms with E-state index >= 15 is 0 Å². The number of carbonyl (C=O) groups is 1. The number of nitrogens with zero attached hydrogens (tertiary/aromatic N) is 3. The van der Waals surface area contributed by atoms with Gasteiger partial charge in [-0.1, -0.05) is 18.2 Å². The quantitative estimate of drug-likeness (QED) is 0.679. The minimum atomic E-state index is -0.717. The minimum absolute atomic E-state index is 0.219. The largest absolute Gasteiger partial charge is 0.466 e. The van der Waals surface area contributed by atoms with Crippen LogP contribution in [0.4, 0.5) is 4.39 Å². The molecule has 0 unspecified atom stereocenters. The first kappa shape index (κ1) is 20.5. The first-order valence-electron chi connectivity index (χ1n) is 10.1. The van der Waals surface area contributed by atoms with Gasteiger partial charge in [0.05, 0.1) is 17.7 Å². The van der Waals surface area contributed by atoms with Crippen LogP contribution in [-0.4, -0.2) is 40.3 Å². The molecule has 0 amide bonds. The SMILES string of the molecule is CCOC(=O)[C@@]1(Cc2ccccc2F)CCCN(Cc2cn(CC)nc2C)C1. The van der Waals surface area contributed by atoms with Crippen LogP contribution < -0.4 is 0 Å². The van der Waals surface area contributed by atoms with E-state index in [9.17, 15) is 9.18 Å². The molecule has 2 aromatic rings. The predicted molar refractivity (Wildman–Crippen MR) is 106 cm³/mol. The molecule has 3 rings (SSSR count). The Kier molecular flexibility index (Phi) is 6.50. The van der Waals surface area contributed by atoms with Gasteiger partial charge in [-0.05, 0) is 58.2 Å². The average molecular weight is 387 g/mol. The van der Waals surface area contributed by atoms with Crippen molar-refractivity contribution >= 4 is 5.97 Å². The third kappa shape index (κ3) is 4.43. The second kappa shape index (κ2) is 8.86. The third-order valence-electron chi connectivity index (χ3n) is 5.62. The number of rotatable bonds is 7. The van der Waals surface area contributed by atoms with Crippen LogP contribution in [0.15, 0.2) is 30.5 Å². The van der Waals surface area contributed by atoms with Crippen LogP contribution in [0.1, 0.15) is 43.5 Å². The Morgan fingerprint density at radius 1 is 1.29 bits per heavy atom. The summed E-state index contributed by atoms with van der Waals surface area (Å²) in [6, 6.07) is 6.72. The van der Waals surface area contributed by atoms with E-state index < -0.39 is 5.41 Å². The van der Waals surface area contributed by atoms with E-state index in [1.165, 1.54) is 11.6 Å². The van der Waals surface area contributed by atoms with Crippen molar-refractivity contribution in [3.63, 3.8) is 0 Å². The minimum Gasteiger partial charge on any atom is -0.466 e. The first-order chi connectivity index (χ1) is 13.5. The van der Waals surface area contributed by atoms with Gasteiger partial charge in [-0.2, -0.15) is 5.10 Å². The molecule has 1 atom stereocenters. The Labute approximate surface area is 166 Å². The lowest BCUT2D eigenvalue weighted by molar-refractivity contribution is -0.159. The molecule has 0 radical (unpaired) electrons. The molecule has 2 heterocycles. The fraction of sp³-hybridized carbons (Fsp3) is 0.545. The van der Waals surface area contributed by atoms with Crippen LogP contribution in [0.3, 0.4) is 0 Å². The van der Waals surface area contributed by atoms with Crippen molar-refractivity contribution in [1.29, 1.82) is 0 Å². The van der Waals surface area contributed by atoms with Gasteiger partial charge >= 0.3 is 5.97 Å². The number of likely N-dealkylation sites (tertiary alicyclic amines) is 1. The zero-order valence-electron chi connectivity index (χ0n) is 17.1. The van der Waals surface area contributed by atoms with Crippen LogP contribution in [0.5, 0.6) is 0 Å². The van der Waals surface area contributed by atoms with E-state index in [1.54, 1.807) is 12.1 Å². The molecule has 1 aliphatic rings. The zero-order chi connectivity index (χ0) is 20.1. The number of halogens is 1. The first-order valence-corrected chi connectivity index (χ1v) is 10.1. The highest BCUT2D eigenvalue weighted by Crippen LogP contribution is 2.36. The number of aromatic nitrogens is 2. The number of piperidine rings is 1. The van der Waals surface area contributed by atoms with Gasteiger partial charge in [0, 0.05) is 31.4 Å². The van der Waals surface area contributed by atoms with E-state index in [0.29, 0.717) is 31.6 Å². The Bertz CT molecular complexity index is 820. The number of hydrogen-bond donors (Lipinski definition) is 0. The Morgan fingerprint density at radius 2 is 2.07 bits per heavy atom. The van der Waals surface area contributed by atoms with Gasteiger partial charge in [0.15, 0.2) is 0 Å². The lowest BCUT2D eigenvalue weighted by atomic mass is 9.75. The lowest BCUT2D eigenvalue weighted by Gasteiger charge is -2.41. The molecular weight excluding hydrogens is 357 g/mol. The second-order valence-electron chi connectivity index (χ2n) is 7.68. The van der Waals surface area contributed by atoms with Gasteiger partial charge in [0.1, 0.15) is 5.82 Å². The Balaban J connectivity index is 1.83. The van der Waals surface area contributed by atoms with Crippen molar-refractivity contribution in [3.05, 3.63) is 53.1 Å². The van der Waals surface area contributed by atoms with E-state index in [4.69, 9.17) is 4.74 Å². The lowest BCUT2D eigenvalue weighted by Crippen LogP contribution is -2.49. The summed E-state index contributed by atoms with van der Waals surface area (Å²) in [7, 11) is 0. The topological polar surface area (TPSA) is 47.4 Å². The van der Waals surface area contributed by atoms with Crippen molar-refractivity contribution in [2.24, 2.45) is 5.41 Å². The molecule has 0 bridgehead atoms. The highest BCUT2D eigenvalue weighted by molar-refractivity contribution is 5.77. The van der Waals surface area contributed by atoms with Crippen molar-refractivity contribution < 1.29 is 13.9 Å². The van der Waals surface area contributed by atoms with Gasteiger partial charge < -0.3 is 4.74 Å². The molecule has 152 valence electrons. The summed E-state index contributed by atoms with van der Waals surface area (Å²) >= 11 is 0. The number of hydrogen-bond acceptors (Lipinski definition) is 4. The summed E-state index contributed by atoms with van der Waals surface area (Å²) in [5, 5.41) is 4.52. The predicted octanol–water partition coefficient (Wildman–Crippen LogP) is 3.74. The van der Waals surface area contributed by atoms with Crippen molar-refractivity contribution in [2.45, 2.75) is 53.1 Å². The molecule has 1 fully saturated rings. The third-order valence-corrected chi connectivity index (χ3v) is 5.62. The summed E-state index contributed by atoms with van der Waals surface area (Å²) in [6.07, 6.45) is 4.03. The highest BCUT2D eigenvalue weighted by atomic mass is 19.1. The Hall–Kier alpha value is -2.21. The zero-order valence-corrected chi connectivity index (χ0v) is 17.1. The van der Waals surface area contributed by atoms with Crippen LogP contribution in [0.25, 0.3) is 0 Å². The van der Waals surface area contributed by atoms with E-state index in [0.717, 1.165) is 31.7 Å². The normalized spacial score (nSPS) is 20.3. The summed E-state index contributed by atoms with van der Waals surface area (Å²) in [6.45, 7) is 9.29. The van der Waals surface area contributed by atoms with E-state index in [1.807, 2.05) is 24.6 Å². The van der Waals surface area contributed by atoms with Gasteiger partial charge in [0.2, 0.25) is 0 Å². The summed E-state index contributed by atoms with van der Waals surface area (Å²) in [4.78, 5) is 15.2. The molecule has 1 saturated heterocycles. The van der Waals surface area contributed by atoms with Crippen LogP contribution in [0, 0.1) is 18.2 Å². The molecule has 0 N–H and O–H groups in total. The number of esters is 1. The standard InChI is InChI=1S/C22H30FN3O2/c1-4-26-15-19(17(3)24-26)14-25-12-8-11-22(16-25,21(27)28-5-2)13-18-9-6-7-10-20(18)23/h6-7,9-10,15H,4-5,8,11-14,16H2,1-3H3/t22-/m1/s1. The van der Waals surface area contributed by atoms with Crippen molar-refractivity contribution in [1.82, 2.24) is 14.7 Å². The van der Waals surface area contributed by atoms with Crippen LogP contribution in [-0.2, 0) is 29.0 Å². The van der Waals surface area contributed by atoms with Gasteiger partial charge in [-0.15, -0.1) is 0 Å². The molecule has 1 aliphatic heterocycles. The van der Waals surface area contributed by atoms with Crippen molar-refractivity contribution in [2.75, 3.05) is 19.7 Å².